The van der Waals surface area contributed by atoms with E-state index in [1.54, 1.807) is 6.26 Å². The van der Waals surface area contributed by atoms with Crippen LogP contribution in [0.15, 0.2) is 70.4 Å². The van der Waals surface area contributed by atoms with Gasteiger partial charge in [-0.05, 0) is 19.1 Å². The van der Waals surface area contributed by atoms with Gasteiger partial charge in [0.05, 0.1) is 5.69 Å². The predicted octanol–water partition coefficient (Wildman–Crippen LogP) is 4.73. The van der Waals surface area contributed by atoms with Gasteiger partial charge in [0.15, 0.2) is 5.82 Å². The van der Waals surface area contributed by atoms with Crippen molar-refractivity contribution in [3.8, 4) is 22.8 Å². The highest BCUT2D eigenvalue weighted by atomic mass is 32.2. The summed E-state index contributed by atoms with van der Waals surface area (Å²) in [4.78, 5) is 9.05. The van der Waals surface area contributed by atoms with Crippen LogP contribution in [0.25, 0.3) is 22.8 Å². The summed E-state index contributed by atoms with van der Waals surface area (Å²) in [6, 6.07) is 18.1. The molecule has 6 heteroatoms. The van der Waals surface area contributed by atoms with E-state index in [4.69, 9.17) is 4.42 Å². The molecule has 124 valence electrons. The van der Waals surface area contributed by atoms with Crippen molar-refractivity contribution in [3.63, 3.8) is 0 Å². The Morgan fingerprint density at radius 1 is 0.960 bits per heavy atom. The van der Waals surface area contributed by atoms with Gasteiger partial charge in [0.1, 0.15) is 6.26 Å². The molecule has 0 saturated carbocycles. The summed E-state index contributed by atoms with van der Waals surface area (Å²) in [5, 5.41) is 7.94. The lowest BCUT2D eigenvalue weighted by Crippen LogP contribution is -1.83. The maximum atomic E-state index is 5.55. The molecule has 5 nitrogen and oxygen atoms in total. The summed E-state index contributed by atoms with van der Waals surface area (Å²) in [6.07, 6.45) is 1.68. The SMILES string of the molecule is Cc1ccc(-c2nc(SCc3coc(-c4ccccc4)n3)n[nH]2)cc1. The Bertz CT molecular complexity index is 961. The molecule has 0 aliphatic heterocycles. The van der Waals surface area contributed by atoms with E-state index >= 15 is 0 Å². The molecule has 0 spiro atoms. The van der Waals surface area contributed by atoms with Crippen LogP contribution in [0.4, 0.5) is 0 Å². The molecule has 0 amide bonds. The van der Waals surface area contributed by atoms with E-state index < -0.39 is 0 Å². The molecule has 0 aliphatic carbocycles. The molecule has 0 unspecified atom stereocenters. The van der Waals surface area contributed by atoms with E-state index in [1.807, 2.05) is 42.5 Å². The average molecular weight is 348 g/mol. The Kier molecular flexibility index (Phi) is 4.35. The van der Waals surface area contributed by atoms with Gasteiger partial charge in [0.2, 0.25) is 11.0 Å². The zero-order chi connectivity index (χ0) is 17.1. The molecule has 25 heavy (non-hydrogen) atoms. The first-order valence-corrected chi connectivity index (χ1v) is 8.88. The first-order valence-electron chi connectivity index (χ1n) is 7.90. The number of hydrogen-bond donors (Lipinski definition) is 1. The molecule has 4 rings (SSSR count). The first-order chi connectivity index (χ1) is 12.3. The molecule has 2 heterocycles. The van der Waals surface area contributed by atoms with Gasteiger partial charge < -0.3 is 4.42 Å². The van der Waals surface area contributed by atoms with E-state index in [1.165, 1.54) is 17.3 Å². The van der Waals surface area contributed by atoms with Crippen LogP contribution in [0.5, 0.6) is 0 Å². The van der Waals surface area contributed by atoms with Crippen LogP contribution < -0.4 is 0 Å². The van der Waals surface area contributed by atoms with Crippen LogP contribution in [0.3, 0.4) is 0 Å². The number of rotatable bonds is 5. The number of aromatic nitrogens is 4. The number of thioether (sulfide) groups is 1. The van der Waals surface area contributed by atoms with E-state index in [0.29, 0.717) is 16.8 Å². The number of oxazole rings is 1. The maximum Gasteiger partial charge on any atom is 0.226 e. The van der Waals surface area contributed by atoms with Crippen molar-refractivity contribution in [3.05, 3.63) is 72.1 Å². The lowest BCUT2D eigenvalue weighted by atomic mass is 10.1. The zero-order valence-electron chi connectivity index (χ0n) is 13.6. The van der Waals surface area contributed by atoms with Gasteiger partial charge in [-0.1, -0.05) is 59.8 Å². The summed E-state index contributed by atoms with van der Waals surface area (Å²) in [5.74, 6) is 2.06. The molecule has 2 aromatic heterocycles. The summed E-state index contributed by atoms with van der Waals surface area (Å²) in [6.45, 7) is 2.06. The maximum absolute atomic E-state index is 5.55. The predicted molar refractivity (Wildman–Crippen MR) is 98.1 cm³/mol. The van der Waals surface area contributed by atoms with Crippen LogP contribution in [0.1, 0.15) is 11.3 Å². The highest BCUT2D eigenvalue weighted by Crippen LogP contribution is 2.24. The second-order valence-corrected chi connectivity index (χ2v) is 6.57. The molecule has 2 aromatic carbocycles. The monoisotopic (exact) mass is 348 g/mol. The number of aromatic amines is 1. The third kappa shape index (κ3) is 3.64. The van der Waals surface area contributed by atoms with Crippen molar-refractivity contribution >= 4 is 11.8 Å². The highest BCUT2D eigenvalue weighted by Gasteiger charge is 2.10. The summed E-state index contributed by atoms with van der Waals surface area (Å²) in [7, 11) is 0. The zero-order valence-corrected chi connectivity index (χ0v) is 14.5. The standard InChI is InChI=1S/C19H16N4OS/c1-13-7-9-14(10-8-13)17-21-19(23-22-17)25-12-16-11-24-18(20-16)15-5-3-2-4-6-15/h2-11H,12H2,1H3,(H,21,22,23). The van der Waals surface area contributed by atoms with Crippen molar-refractivity contribution in [1.29, 1.82) is 0 Å². The van der Waals surface area contributed by atoms with E-state index in [-0.39, 0.29) is 0 Å². The normalized spacial score (nSPS) is 10.9. The van der Waals surface area contributed by atoms with Gasteiger partial charge in [0, 0.05) is 16.9 Å². The Balaban J connectivity index is 1.42. The van der Waals surface area contributed by atoms with Gasteiger partial charge in [0.25, 0.3) is 0 Å². The van der Waals surface area contributed by atoms with Gasteiger partial charge >= 0.3 is 0 Å². The second-order valence-electron chi connectivity index (χ2n) is 5.63. The second kappa shape index (κ2) is 6.94. The van der Waals surface area contributed by atoms with Crippen LogP contribution >= 0.6 is 11.8 Å². The summed E-state index contributed by atoms with van der Waals surface area (Å²) < 4.78 is 5.55. The van der Waals surface area contributed by atoms with Crippen LogP contribution in [0.2, 0.25) is 0 Å². The van der Waals surface area contributed by atoms with Crippen LogP contribution in [0, 0.1) is 6.92 Å². The topological polar surface area (TPSA) is 67.6 Å². The Morgan fingerprint density at radius 3 is 2.56 bits per heavy atom. The van der Waals surface area contributed by atoms with E-state index in [0.717, 1.165) is 22.6 Å². The minimum Gasteiger partial charge on any atom is -0.444 e. The molecule has 0 atom stereocenters. The molecular weight excluding hydrogens is 332 g/mol. The lowest BCUT2D eigenvalue weighted by Gasteiger charge is -1.96. The Labute approximate surface area is 149 Å². The van der Waals surface area contributed by atoms with E-state index in [2.05, 4.69) is 39.2 Å². The fourth-order valence-electron chi connectivity index (χ4n) is 2.38. The summed E-state index contributed by atoms with van der Waals surface area (Å²) >= 11 is 1.52. The van der Waals surface area contributed by atoms with Crippen molar-refractivity contribution < 1.29 is 4.42 Å². The van der Waals surface area contributed by atoms with Gasteiger partial charge in [-0.3, -0.25) is 5.10 Å². The minimum absolute atomic E-state index is 0.631. The third-order valence-corrected chi connectivity index (χ3v) is 4.59. The number of H-pyrrole nitrogens is 1. The van der Waals surface area contributed by atoms with Crippen molar-refractivity contribution in [2.24, 2.45) is 0 Å². The number of benzene rings is 2. The molecule has 0 fully saturated rings. The fourth-order valence-corrected chi connectivity index (χ4v) is 3.05. The van der Waals surface area contributed by atoms with Crippen LogP contribution in [-0.4, -0.2) is 20.2 Å². The van der Waals surface area contributed by atoms with Gasteiger partial charge in [-0.2, -0.15) is 0 Å². The number of nitrogens with one attached hydrogen (secondary N) is 1. The van der Waals surface area contributed by atoms with Crippen LogP contribution in [-0.2, 0) is 5.75 Å². The smallest absolute Gasteiger partial charge is 0.226 e. The van der Waals surface area contributed by atoms with E-state index in [9.17, 15) is 0 Å². The molecule has 0 saturated heterocycles. The number of nitrogens with zero attached hydrogens (tertiary/aromatic N) is 3. The molecule has 4 aromatic rings. The highest BCUT2D eigenvalue weighted by molar-refractivity contribution is 7.98. The Morgan fingerprint density at radius 2 is 1.76 bits per heavy atom. The minimum atomic E-state index is 0.631. The van der Waals surface area contributed by atoms with Crippen molar-refractivity contribution in [2.45, 2.75) is 17.8 Å². The van der Waals surface area contributed by atoms with Gasteiger partial charge in [-0.15, -0.1) is 5.10 Å². The molecule has 0 radical (unpaired) electrons. The Hall–Kier alpha value is -2.86. The fraction of sp³-hybridized carbons (Fsp3) is 0.105. The number of hydrogen-bond acceptors (Lipinski definition) is 5. The third-order valence-electron chi connectivity index (χ3n) is 3.71. The van der Waals surface area contributed by atoms with Gasteiger partial charge in [-0.25, -0.2) is 9.97 Å². The largest absolute Gasteiger partial charge is 0.444 e. The van der Waals surface area contributed by atoms with Crippen molar-refractivity contribution in [2.75, 3.05) is 0 Å². The summed E-state index contributed by atoms with van der Waals surface area (Å²) in [5.41, 5.74) is 4.08. The van der Waals surface area contributed by atoms with Crippen molar-refractivity contribution in [1.82, 2.24) is 20.2 Å². The molecule has 1 N–H and O–H groups in total. The molecule has 0 aliphatic rings. The number of aryl methyl sites for hydroxylation is 1. The first kappa shape index (κ1) is 15.7. The quantitative estimate of drug-likeness (QED) is 0.528. The molecular formula is C19H16N4OS. The average Bonchev–Trinajstić information content (AvgIpc) is 3.31. The lowest BCUT2D eigenvalue weighted by molar-refractivity contribution is 0.573. The molecule has 0 bridgehead atoms.